The second kappa shape index (κ2) is 6.57. The maximum atomic E-state index is 12.4. The van der Waals surface area contributed by atoms with Crippen molar-refractivity contribution in [2.45, 2.75) is 59.0 Å². The molecule has 0 bridgehead atoms. The molecule has 0 unspecified atom stereocenters. The third-order valence-corrected chi connectivity index (χ3v) is 3.53. The van der Waals surface area contributed by atoms with Gasteiger partial charge in [-0.05, 0) is 32.3 Å². The fourth-order valence-electron chi connectivity index (χ4n) is 2.15. The Bertz CT molecular complexity index is 376. The second-order valence-electron chi connectivity index (χ2n) is 5.01. The summed E-state index contributed by atoms with van der Waals surface area (Å²) < 4.78 is 1.74. The lowest BCUT2D eigenvalue weighted by atomic mass is 10.1. The fraction of sp³-hybridized carbons (Fsp3) is 0.714. The molecule has 1 amide bonds. The number of carbonyl (C=O) groups is 1. The molecule has 0 spiro atoms. The molecule has 0 aliphatic carbocycles. The van der Waals surface area contributed by atoms with Gasteiger partial charge in [0.1, 0.15) is 0 Å². The SMILES string of the molecule is CC[C@H](C)N(C(=O)Cc1cnn(C)c1)[C@@H](C)CC. The standard InChI is InChI=1S/C14H25N3O/c1-6-11(3)17(12(4)7-2)14(18)8-13-9-15-16(5)10-13/h9-12H,6-8H2,1-5H3/t11-,12-/m0/s1. The van der Waals surface area contributed by atoms with E-state index < -0.39 is 0 Å². The molecular weight excluding hydrogens is 226 g/mol. The smallest absolute Gasteiger partial charge is 0.227 e. The molecule has 4 heteroatoms. The lowest BCUT2D eigenvalue weighted by Crippen LogP contribution is -2.45. The van der Waals surface area contributed by atoms with E-state index in [9.17, 15) is 4.79 Å². The van der Waals surface area contributed by atoms with Crippen LogP contribution in [0.5, 0.6) is 0 Å². The quantitative estimate of drug-likeness (QED) is 0.778. The minimum Gasteiger partial charge on any atom is -0.337 e. The van der Waals surface area contributed by atoms with Crippen molar-refractivity contribution in [3.8, 4) is 0 Å². The highest BCUT2D eigenvalue weighted by atomic mass is 16.2. The van der Waals surface area contributed by atoms with E-state index in [2.05, 4.69) is 32.8 Å². The Labute approximate surface area is 110 Å². The molecule has 1 heterocycles. The average molecular weight is 251 g/mol. The Balaban J connectivity index is 2.76. The number of carbonyl (C=O) groups excluding carboxylic acids is 1. The normalized spacial score (nSPS) is 14.3. The third kappa shape index (κ3) is 3.59. The van der Waals surface area contributed by atoms with Crippen LogP contribution < -0.4 is 0 Å². The summed E-state index contributed by atoms with van der Waals surface area (Å²) in [5.74, 6) is 0.201. The first kappa shape index (κ1) is 14.7. The predicted octanol–water partition coefficient (Wildman–Crippen LogP) is 2.39. The highest BCUT2D eigenvalue weighted by Crippen LogP contribution is 2.14. The molecule has 2 atom stereocenters. The molecule has 0 saturated heterocycles. The molecule has 1 rings (SSSR count). The first-order valence-electron chi connectivity index (χ1n) is 6.78. The topological polar surface area (TPSA) is 38.1 Å². The van der Waals surface area contributed by atoms with Gasteiger partial charge in [-0.25, -0.2) is 0 Å². The third-order valence-electron chi connectivity index (χ3n) is 3.53. The van der Waals surface area contributed by atoms with E-state index >= 15 is 0 Å². The highest BCUT2D eigenvalue weighted by Gasteiger charge is 2.23. The zero-order valence-corrected chi connectivity index (χ0v) is 12.2. The van der Waals surface area contributed by atoms with E-state index in [0.717, 1.165) is 18.4 Å². The van der Waals surface area contributed by atoms with Crippen LogP contribution in [-0.4, -0.2) is 32.7 Å². The van der Waals surface area contributed by atoms with Gasteiger partial charge in [0.25, 0.3) is 0 Å². The Hall–Kier alpha value is -1.32. The Morgan fingerprint density at radius 3 is 2.28 bits per heavy atom. The highest BCUT2D eigenvalue weighted by molar-refractivity contribution is 5.79. The number of amides is 1. The largest absolute Gasteiger partial charge is 0.337 e. The fourth-order valence-corrected chi connectivity index (χ4v) is 2.15. The van der Waals surface area contributed by atoms with Gasteiger partial charge in [-0.15, -0.1) is 0 Å². The van der Waals surface area contributed by atoms with E-state index in [0.29, 0.717) is 18.5 Å². The molecular formula is C14H25N3O. The van der Waals surface area contributed by atoms with Gasteiger partial charge in [0.05, 0.1) is 12.6 Å². The van der Waals surface area contributed by atoms with Crippen LogP contribution in [0.4, 0.5) is 0 Å². The van der Waals surface area contributed by atoms with Gasteiger partial charge in [-0.1, -0.05) is 13.8 Å². The number of rotatable bonds is 6. The Morgan fingerprint density at radius 1 is 1.33 bits per heavy atom. The van der Waals surface area contributed by atoms with E-state index in [4.69, 9.17) is 0 Å². The van der Waals surface area contributed by atoms with E-state index in [-0.39, 0.29) is 5.91 Å². The van der Waals surface area contributed by atoms with Crippen molar-refractivity contribution in [1.82, 2.24) is 14.7 Å². The molecule has 4 nitrogen and oxygen atoms in total. The molecule has 102 valence electrons. The van der Waals surface area contributed by atoms with Crippen molar-refractivity contribution >= 4 is 5.91 Å². The molecule has 18 heavy (non-hydrogen) atoms. The van der Waals surface area contributed by atoms with Crippen LogP contribution in [0.25, 0.3) is 0 Å². The van der Waals surface area contributed by atoms with Gasteiger partial charge in [0, 0.05) is 25.3 Å². The summed E-state index contributed by atoms with van der Waals surface area (Å²) in [6.07, 6.45) is 6.10. The van der Waals surface area contributed by atoms with Gasteiger partial charge in [-0.3, -0.25) is 9.48 Å². The van der Waals surface area contributed by atoms with E-state index in [1.165, 1.54) is 0 Å². The number of hydrogen-bond donors (Lipinski definition) is 0. The van der Waals surface area contributed by atoms with Crippen molar-refractivity contribution in [3.05, 3.63) is 18.0 Å². The molecule has 1 aromatic heterocycles. The van der Waals surface area contributed by atoms with Gasteiger partial charge >= 0.3 is 0 Å². The number of hydrogen-bond acceptors (Lipinski definition) is 2. The lowest BCUT2D eigenvalue weighted by molar-refractivity contribution is -0.134. The molecule has 0 aromatic carbocycles. The van der Waals surface area contributed by atoms with Crippen LogP contribution in [0.3, 0.4) is 0 Å². The van der Waals surface area contributed by atoms with Gasteiger partial charge in [0.2, 0.25) is 5.91 Å². The first-order chi connectivity index (χ1) is 8.49. The van der Waals surface area contributed by atoms with Crippen molar-refractivity contribution in [2.75, 3.05) is 0 Å². The minimum atomic E-state index is 0.201. The van der Waals surface area contributed by atoms with Crippen LogP contribution in [0.2, 0.25) is 0 Å². The Morgan fingerprint density at radius 2 is 1.89 bits per heavy atom. The van der Waals surface area contributed by atoms with Gasteiger partial charge in [-0.2, -0.15) is 5.10 Å². The van der Waals surface area contributed by atoms with Crippen LogP contribution in [-0.2, 0) is 18.3 Å². The van der Waals surface area contributed by atoms with Crippen molar-refractivity contribution in [1.29, 1.82) is 0 Å². The molecule has 0 saturated carbocycles. The average Bonchev–Trinajstić information content (AvgIpc) is 2.74. The Kier molecular flexibility index (Phi) is 5.38. The van der Waals surface area contributed by atoms with Crippen molar-refractivity contribution < 1.29 is 4.79 Å². The summed E-state index contributed by atoms with van der Waals surface area (Å²) in [4.78, 5) is 14.4. The predicted molar refractivity (Wildman–Crippen MR) is 73.3 cm³/mol. The lowest BCUT2D eigenvalue weighted by Gasteiger charge is -2.34. The summed E-state index contributed by atoms with van der Waals surface area (Å²) in [5, 5.41) is 4.10. The van der Waals surface area contributed by atoms with Crippen LogP contribution in [0, 0.1) is 0 Å². The summed E-state index contributed by atoms with van der Waals surface area (Å²) >= 11 is 0. The molecule has 1 aromatic rings. The van der Waals surface area contributed by atoms with Gasteiger partial charge in [0.15, 0.2) is 0 Å². The molecule has 0 N–H and O–H groups in total. The van der Waals surface area contributed by atoms with Crippen LogP contribution >= 0.6 is 0 Å². The molecule has 0 aliphatic heterocycles. The second-order valence-corrected chi connectivity index (χ2v) is 5.01. The molecule has 0 radical (unpaired) electrons. The number of nitrogens with zero attached hydrogens (tertiary/aromatic N) is 3. The number of aromatic nitrogens is 2. The summed E-state index contributed by atoms with van der Waals surface area (Å²) in [7, 11) is 1.87. The summed E-state index contributed by atoms with van der Waals surface area (Å²) in [6, 6.07) is 0.591. The van der Waals surface area contributed by atoms with Crippen molar-refractivity contribution in [3.63, 3.8) is 0 Å². The monoisotopic (exact) mass is 251 g/mol. The van der Waals surface area contributed by atoms with Crippen LogP contribution in [0.1, 0.15) is 46.1 Å². The molecule has 0 fully saturated rings. The maximum Gasteiger partial charge on any atom is 0.227 e. The van der Waals surface area contributed by atoms with Crippen molar-refractivity contribution in [2.24, 2.45) is 7.05 Å². The zero-order chi connectivity index (χ0) is 13.7. The summed E-state index contributed by atoms with van der Waals surface area (Å²) in [5.41, 5.74) is 0.985. The minimum absolute atomic E-state index is 0.201. The van der Waals surface area contributed by atoms with E-state index in [1.807, 2.05) is 18.1 Å². The summed E-state index contributed by atoms with van der Waals surface area (Å²) in [6.45, 7) is 8.48. The maximum absolute atomic E-state index is 12.4. The van der Waals surface area contributed by atoms with E-state index in [1.54, 1.807) is 10.9 Å². The zero-order valence-electron chi connectivity index (χ0n) is 12.2. The van der Waals surface area contributed by atoms with Crippen LogP contribution in [0.15, 0.2) is 12.4 Å². The molecule has 0 aliphatic rings. The first-order valence-corrected chi connectivity index (χ1v) is 6.78. The number of aryl methyl sites for hydroxylation is 1. The van der Waals surface area contributed by atoms with Gasteiger partial charge < -0.3 is 4.90 Å².